The van der Waals surface area contributed by atoms with Crippen molar-refractivity contribution < 1.29 is 8.95 Å². The molecule has 0 spiro atoms. The van der Waals surface area contributed by atoms with E-state index >= 15 is 0 Å². The molecule has 7 heteroatoms. The molecule has 0 aliphatic heterocycles. The second kappa shape index (κ2) is 14.4. The molecule has 0 aliphatic carbocycles. The maximum atomic E-state index is 12.2. The van der Waals surface area contributed by atoms with Crippen molar-refractivity contribution in [2.24, 2.45) is 4.99 Å². The highest BCUT2D eigenvalue weighted by Crippen LogP contribution is 2.13. The quantitative estimate of drug-likeness (QED) is 0.220. The summed E-state index contributed by atoms with van der Waals surface area (Å²) in [5, 5.41) is 6.53. The highest BCUT2D eigenvalue weighted by molar-refractivity contribution is 14.0. The van der Waals surface area contributed by atoms with Crippen LogP contribution in [0.5, 0.6) is 5.75 Å². The van der Waals surface area contributed by atoms with E-state index in [1.165, 1.54) is 5.56 Å². The Morgan fingerprint density at radius 3 is 2.32 bits per heavy atom. The maximum absolute atomic E-state index is 12.2. The molecule has 0 bridgehead atoms. The van der Waals surface area contributed by atoms with Gasteiger partial charge in [-0.25, -0.2) is 0 Å². The summed E-state index contributed by atoms with van der Waals surface area (Å²) in [5.74, 6) is 2.20. The normalized spacial score (nSPS) is 12.0. The third kappa shape index (κ3) is 9.05. The monoisotopic (exact) mass is 515 g/mol. The Kier molecular flexibility index (Phi) is 12.6. The minimum absolute atomic E-state index is 0. The minimum Gasteiger partial charge on any atom is -0.497 e. The van der Waals surface area contributed by atoms with Crippen LogP contribution in [0.3, 0.4) is 0 Å². The van der Waals surface area contributed by atoms with Gasteiger partial charge in [0, 0.05) is 30.8 Å². The molecule has 5 nitrogen and oxygen atoms in total. The van der Waals surface area contributed by atoms with Gasteiger partial charge < -0.3 is 15.4 Å². The predicted octanol–water partition coefficient (Wildman–Crippen LogP) is 3.61. The van der Waals surface area contributed by atoms with Gasteiger partial charge in [0.25, 0.3) is 0 Å². The van der Waals surface area contributed by atoms with Crippen molar-refractivity contribution in [3.8, 4) is 5.75 Å². The molecule has 2 rings (SSSR count). The van der Waals surface area contributed by atoms with Crippen molar-refractivity contribution in [1.29, 1.82) is 0 Å². The number of unbranched alkanes of at least 4 members (excludes halogenated alkanes) is 1. The van der Waals surface area contributed by atoms with Gasteiger partial charge in [-0.05, 0) is 49.1 Å². The number of nitrogens with one attached hydrogen (secondary N) is 2. The van der Waals surface area contributed by atoms with Crippen LogP contribution in [-0.2, 0) is 17.2 Å². The molecule has 0 saturated heterocycles. The van der Waals surface area contributed by atoms with Crippen LogP contribution >= 0.6 is 24.0 Å². The van der Waals surface area contributed by atoms with Crippen molar-refractivity contribution in [3.63, 3.8) is 0 Å². The number of aliphatic imine (C=N–C) groups is 1. The van der Waals surface area contributed by atoms with Gasteiger partial charge >= 0.3 is 0 Å². The first-order valence-electron chi connectivity index (χ1n) is 9.24. The van der Waals surface area contributed by atoms with E-state index in [-0.39, 0.29) is 24.0 Å². The molecular formula is C21H30IN3O2S. The summed E-state index contributed by atoms with van der Waals surface area (Å²) >= 11 is 0. The lowest BCUT2D eigenvalue weighted by Crippen LogP contribution is -2.39. The number of guanidine groups is 1. The number of hydrogen-bond acceptors (Lipinski definition) is 3. The number of ether oxygens (including phenoxy) is 1. The Morgan fingerprint density at radius 1 is 1.00 bits per heavy atom. The number of benzene rings is 2. The average Bonchev–Trinajstić information content (AvgIpc) is 2.73. The van der Waals surface area contributed by atoms with Crippen molar-refractivity contribution in [3.05, 3.63) is 60.2 Å². The molecule has 1 unspecified atom stereocenters. The highest BCUT2D eigenvalue weighted by atomic mass is 127. The van der Waals surface area contributed by atoms with Crippen LogP contribution in [0.15, 0.2) is 64.5 Å². The van der Waals surface area contributed by atoms with Gasteiger partial charge in [-0.2, -0.15) is 0 Å². The summed E-state index contributed by atoms with van der Waals surface area (Å²) in [5.41, 5.74) is 1.32. The molecule has 28 heavy (non-hydrogen) atoms. The van der Waals surface area contributed by atoms with Crippen molar-refractivity contribution in [2.75, 3.05) is 33.0 Å². The third-order valence-corrected chi connectivity index (χ3v) is 5.53. The Bertz CT molecular complexity index is 724. The number of hydrogen-bond donors (Lipinski definition) is 2. The van der Waals surface area contributed by atoms with E-state index < -0.39 is 10.8 Å². The van der Waals surface area contributed by atoms with Crippen molar-refractivity contribution in [1.82, 2.24) is 10.6 Å². The van der Waals surface area contributed by atoms with Crippen LogP contribution in [0.1, 0.15) is 18.4 Å². The Morgan fingerprint density at radius 2 is 1.68 bits per heavy atom. The standard InChI is InChI=1S/C21H29N3O2S.HI/c1-22-21(24-16-17-27(25)20-9-4-3-5-10-20)23-15-7-6-8-18-11-13-19(26-2)14-12-18;/h3-5,9-14H,6-8,15-17H2,1-2H3,(H2,22,23,24);1H. The molecule has 0 aliphatic rings. The fraction of sp³-hybridized carbons (Fsp3) is 0.381. The van der Waals surface area contributed by atoms with Crippen LogP contribution in [0.25, 0.3) is 0 Å². The van der Waals surface area contributed by atoms with E-state index in [0.29, 0.717) is 12.3 Å². The van der Waals surface area contributed by atoms with E-state index in [0.717, 1.165) is 42.4 Å². The van der Waals surface area contributed by atoms with Gasteiger partial charge in [0.1, 0.15) is 5.75 Å². The zero-order valence-electron chi connectivity index (χ0n) is 16.5. The number of aryl methyl sites for hydroxylation is 1. The average molecular weight is 515 g/mol. The SMILES string of the molecule is CN=C(NCCCCc1ccc(OC)cc1)NCCS(=O)c1ccccc1.I. The maximum Gasteiger partial charge on any atom is 0.191 e. The second-order valence-corrected chi connectivity index (χ2v) is 7.66. The van der Waals surface area contributed by atoms with Crippen molar-refractivity contribution in [2.45, 2.75) is 24.2 Å². The van der Waals surface area contributed by atoms with E-state index in [4.69, 9.17) is 4.74 Å². The van der Waals surface area contributed by atoms with E-state index in [1.807, 2.05) is 42.5 Å². The summed E-state index contributed by atoms with van der Waals surface area (Å²) in [6, 6.07) is 17.8. The summed E-state index contributed by atoms with van der Waals surface area (Å²) in [6.07, 6.45) is 3.21. The first-order chi connectivity index (χ1) is 13.2. The molecule has 2 N–H and O–H groups in total. The fourth-order valence-electron chi connectivity index (χ4n) is 2.63. The van der Waals surface area contributed by atoms with Gasteiger partial charge in [-0.3, -0.25) is 9.20 Å². The van der Waals surface area contributed by atoms with Crippen LogP contribution in [-0.4, -0.2) is 43.2 Å². The molecule has 154 valence electrons. The van der Waals surface area contributed by atoms with Gasteiger partial charge in [0.2, 0.25) is 0 Å². The number of rotatable bonds is 10. The molecule has 1 atom stereocenters. The molecular weight excluding hydrogens is 485 g/mol. The zero-order valence-corrected chi connectivity index (χ0v) is 19.7. The smallest absolute Gasteiger partial charge is 0.191 e. The van der Waals surface area contributed by atoms with Gasteiger partial charge in [0.05, 0.1) is 17.9 Å². The number of nitrogens with zero attached hydrogens (tertiary/aromatic N) is 1. The van der Waals surface area contributed by atoms with E-state index in [9.17, 15) is 4.21 Å². The summed E-state index contributed by atoms with van der Waals surface area (Å²) in [6.45, 7) is 1.48. The third-order valence-electron chi connectivity index (χ3n) is 4.15. The van der Waals surface area contributed by atoms with E-state index in [1.54, 1.807) is 14.2 Å². The topological polar surface area (TPSA) is 62.7 Å². The molecule has 0 radical (unpaired) electrons. The second-order valence-electron chi connectivity index (χ2n) is 6.09. The van der Waals surface area contributed by atoms with Crippen molar-refractivity contribution >= 4 is 40.7 Å². The Labute approximate surface area is 187 Å². The first-order valence-corrected chi connectivity index (χ1v) is 10.6. The molecule has 0 amide bonds. The van der Waals surface area contributed by atoms with Crippen LogP contribution in [0.4, 0.5) is 0 Å². The molecule has 2 aromatic rings. The van der Waals surface area contributed by atoms with Crippen LogP contribution < -0.4 is 15.4 Å². The lowest BCUT2D eigenvalue weighted by molar-refractivity contribution is 0.414. The number of methoxy groups -OCH3 is 1. The Hall–Kier alpha value is -1.61. The molecule has 0 saturated carbocycles. The summed E-state index contributed by atoms with van der Waals surface area (Å²) in [7, 11) is 2.44. The zero-order chi connectivity index (χ0) is 19.3. The highest BCUT2D eigenvalue weighted by Gasteiger charge is 2.03. The minimum atomic E-state index is -0.989. The van der Waals surface area contributed by atoms with E-state index in [2.05, 4.69) is 27.8 Å². The summed E-state index contributed by atoms with van der Waals surface area (Å²) < 4.78 is 17.4. The van der Waals surface area contributed by atoms with Gasteiger partial charge in [0.15, 0.2) is 5.96 Å². The van der Waals surface area contributed by atoms with Crippen LogP contribution in [0, 0.1) is 0 Å². The molecule has 0 heterocycles. The largest absolute Gasteiger partial charge is 0.497 e. The molecule has 0 aromatic heterocycles. The lowest BCUT2D eigenvalue weighted by atomic mass is 10.1. The van der Waals surface area contributed by atoms with Crippen LogP contribution in [0.2, 0.25) is 0 Å². The number of halogens is 1. The lowest BCUT2D eigenvalue weighted by Gasteiger charge is -2.12. The van der Waals surface area contributed by atoms with Gasteiger partial charge in [-0.15, -0.1) is 24.0 Å². The predicted molar refractivity (Wildman–Crippen MR) is 128 cm³/mol. The summed E-state index contributed by atoms with van der Waals surface area (Å²) in [4.78, 5) is 5.08. The molecule has 0 fully saturated rings. The van der Waals surface area contributed by atoms with Gasteiger partial charge in [-0.1, -0.05) is 30.3 Å². The first kappa shape index (κ1) is 24.4. The Balaban J connectivity index is 0.00000392. The fourth-order valence-corrected chi connectivity index (χ4v) is 3.61. The molecule has 2 aromatic carbocycles.